The Hall–Kier alpha value is -0.630. The average molecular weight is 357 g/mol. The molecule has 5 nitrogen and oxygen atoms in total. The summed E-state index contributed by atoms with van der Waals surface area (Å²) in [5, 5.41) is 5.97. The van der Waals surface area contributed by atoms with E-state index in [-0.39, 0.29) is 5.82 Å². The fourth-order valence-corrected chi connectivity index (χ4v) is 2.29. The number of hydrogen-bond donors (Lipinski definition) is 1. The van der Waals surface area contributed by atoms with Crippen LogP contribution in [0.4, 0.5) is 0 Å². The van der Waals surface area contributed by atoms with Gasteiger partial charge in [-0.2, -0.15) is 10.1 Å². The molecule has 90 valence electrons. The van der Waals surface area contributed by atoms with Crippen molar-refractivity contribution in [2.75, 3.05) is 0 Å². The minimum atomic E-state index is -3.92. The molecule has 2 aromatic rings. The van der Waals surface area contributed by atoms with Crippen LogP contribution in [-0.4, -0.2) is 23.6 Å². The molecule has 0 fully saturated rings. The molecule has 1 aromatic carbocycles. The molecule has 0 amide bonds. The Morgan fingerprint density at radius 3 is 2.65 bits per heavy atom. The molecular weight excluding hydrogens is 353 g/mol. The summed E-state index contributed by atoms with van der Waals surface area (Å²) in [5.74, 6) is 0.163. The summed E-state index contributed by atoms with van der Waals surface area (Å²) in [6.07, 6.45) is 0. The molecule has 1 heterocycles. The lowest BCUT2D eigenvalue weighted by Gasteiger charge is -2.00. The van der Waals surface area contributed by atoms with E-state index in [0.717, 1.165) is 0 Å². The van der Waals surface area contributed by atoms with Crippen LogP contribution in [0.15, 0.2) is 27.8 Å². The van der Waals surface area contributed by atoms with Crippen LogP contribution < -0.4 is 0 Å². The third kappa shape index (κ3) is 2.62. The summed E-state index contributed by atoms with van der Waals surface area (Å²) in [6.45, 7) is 0. The zero-order valence-corrected chi connectivity index (χ0v) is 11.9. The van der Waals surface area contributed by atoms with E-state index in [1.54, 1.807) is 18.2 Å². The summed E-state index contributed by atoms with van der Waals surface area (Å²) in [4.78, 5) is 3.76. The highest BCUT2D eigenvalue weighted by Gasteiger charge is 2.18. The minimum Gasteiger partial charge on any atom is -0.248 e. The van der Waals surface area contributed by atoms with Gasteiger partial charge in [-0.1, -0.05) is 17.7 Å². The zero-order chi connectivity index (χ0) is 12.6. The molecule has 0 spiro atoms. The lowest BCUT2D eigenvalue weighted by molar-refractivity contribution is 0.602. The fraction of sp³-hybridized carbons (Fsp3) is 0. The van der Waals surface area contributed by atoms with Crippen LogP contribution in [0.2, 0.25) is 5.02 Å². The molecule has 0 aliphatic carbocycles. The van der Waals surface area contributed by atoms with Crippen molar-refractivity contribution in [3.05, 3.63) is 27.7 Å². The number of hydrogen-bond acceptors (Lipinski definition) is 4. The quantitative estimate of drug-likeness (QED) is 0.839. The Kier molecular flexibility index (Phi) is 3.44. The summed E-state index contributed by atoms with van der Waals surface area (Å²) < 4.78 is 22.7. The van der Waals surface area contributed by atoms with Crippen LogP contribution in [0.5, 0.6) is 0 Å². The van der Waals surface area contributed by atoms with Gasteiger partial charge < -0.3 is 0 Å². The number of aromatic nitrogens is 3. The smallest absolute Gasteiger partial charge is 0.248 e. The van der Waals surface area contributed by atoms with Gasteiger partial charge in [-0.15, -0.1) is 0 Å². The molecule has 17 heavy (non-hydrogen) atoms. The normalized spacial score (nSPS) is 11.7. The molecular formula is C8H4BrCl2N3O2S. The van der Waals surface area contributed by atoms with Gasteiger partial charge in [0.1, 0.15) is 0 Å². The maximum Gasteiger partial charge on any atom is 0.296 e. The van der Waals surface area contributed by atoms with E-state index in [1.165, 1.54) is 0 Å². The summed E-state index contributed by atoms with van der Waals surface area (Å²) in [5.41, 5.74) is 0.504. The van der Waals surface area contributed by atoms with Gasteiger partial charge >= 0.3 is 0 Å². The third-order valence-corrected chi connectivity index (χ3v) is 4.27. The maximum atomic E-state index is 11.0. The molecule has 0 bridgehead atoms. The standard InChI is InChI=1S/C8H4BrCl2N3O2S/c9-5-3-1-2-4(6(5)10)7-12-8(14-13-7)17(11,15)16/h1-3H,(H,12,13,14). The monoisotopic (exact) mass is 355 g/mol. The predicted molar refractivity (Wildman–Crippen MR) is 67.6 cm³/mol. The van der Waals surface area contributed by atoms with Crippen LogP contribution in [-0.2, 0) is 9.05 Å². The van der Waals surface area contributed by atoms with Gasteiger partial charge in [-0.3, -0.25) is 0 Å². The van der Waals surface area contributed by atoms with E-state index in [4.69, 9.17) is 22.3 Å². The van der Waals surface area contributed by atoms with E-state index < -0.39 is 14.2 Å². The number of H-pyrrole nitrogens is 1. The first-order chi connectivity index (χ1) is 7.89. The molecule has 1 aromatic heterocycles. The SMILES string of the molecule is O=S(=O)(Cl)c1nc(-c2cccc(Br)c2Cl)n[nH]1. The van der Waals surface area contributed by atoms with E-state index in [9.17, 15) is 8.42 Å². The Bertz CT molecular complexity index is 671. The first-order valence-electron chi connectivity index (χ1n) is 4.21. The maximum absolute atomic E-state index is 11.0. The van der Waals surface area contributed by atoms with Gasteiger partial charge in [0.05, 0.1) is 5.02 Å². The summed E-state index contributed by atoms with van der Waals surface area (Å²) >= 11 is 9.28. The largest absolute Gasteiger partial charge is 0.296 e. The number of nitrogens with one attached hydrogen (secondary N) is 1. The number of aromatic amines is 1. The molecule has 2 rings (SSSR count). The number of nitrogens with zero attached hydrogens (tertiary/aromatic N) is 2. The Labute approximate surface area is 115 Å². The first-order valence-corrected chi connectivity index (χ1v) is 7.69. The highest BCUT2D eigenvalue weighted by atomic mass is 79.9. The van der Waals surface area contributed by atoms with Crippen LogP contribution in [0.25, 0.3) is 11.4 Å². The highest BCUT2D eigenvalue weighted by Crippen LogP contribution is 2.32. The van der Waals surface area contributed by atoms with Crippen LogP contribution in [0.3, 0.4) is 0 Å². The zero-order valence-electron chi connectivity index (χ0n) is 7.99. The molecule has 9 heteroatoms. The van der Waals surface area contributed by atoms with Crippen molar-refractivity contribution in [1.82, 2.24) is 15.2 Å². The second-order valence-corrected chi connectivity index (χ2v) is 6.72. The molecule has 1 N–H and O–H groups in total. The van der Waals surface area contributed by atoms with Gasteiger partial charge in [0, 0.05) is 20.7 Å². The van der Waals surface area contributed by atoms with E-state index in [2.05, 4.69) is 31.1 Å². The molecule has 0 aliphatic heterocycles. The third-order valence-electron chi connectivity index (χ3n) is 1.89. The van der Waals surface area contributed by atoms with Gasteiger partial charge in [0.15, 0.2) is 5.82 Å². The van der Waals surface area contributed by atoms with Gasteiger partial charge in [-0.05, 0) is 28.1 Å². The summed E-state index contributed by atoms with van der Waals surface area (Å²) in [6, 6.07) is 5.15. The number of benzene rings is 1. The van der Waals surface area contributed by atoms with Crippen molar-refractivity contribution in [3.63, 3.8) is 0 Å². The Balaban J connectivity index is 2.55. The Morgan fingerprint density at radius 1 is 1.35 bits per heavy atom. The first kappa shape index (κ1) is 12.8. The van der Waals surface area contributed by atoms with Crippen LogP contribution in [0, 0.1) is 0 Å². The molecule has 0 saturated carbocycles. The van der Waals surface area contributed by atoms with Gasteiger partial charge in [-0.25, -0.2) is 13.5 Å². The van der Waals surface area contributed by atoms with E-state index in [0.29, 0.717) is 15.1 Å². The topological polar surface area (TPSA) is 75.7 Å². The second-order valence-electron chi connectivity index (χ2n) is 3.00. The molecule has 0 saturated heterocycles. The van der Waals surface area contributed by atoms with Gasteiger partial charge in [0.25, 0.3) is 14.2 Å². The average Bonchev–Trinajstić information content (AvgIpc) is 2.70. The fourth-order valence-electron chi connectivity index (χ4n) is 1.15. The number of rotatable bonds is 2. The highest BCUT2D eigenvalue weighted by molar-refractivity contribution is 9.10. The lowest BCUT2D eigenvalue weighted by atomic mass is 10.2. The molecule has 0 radical (unpaired) electrons. The lowest BCUT2D eigenvalue weighted by Crippen LogP contribution is -1.92. The van der Waals surface area contributed by atoms with Gasteiger partial charge in [0.2, 0.25) is 0 Å². The minimum absolute atomic E-state index is 0.163. The molecule has 0 atom stereocenters. The van der Waals surface area contributed by atoms with Crippen LogP contribution in [0.1, 0.15) is 0 Å². The second kappa shape index (κ2) is 4.56. The van der Waals surface area contributed by atoms with Crippen LogP contribution >= 0.6 is 38.2 Å². The number of halogens is 3. The molecule has 0 unspecified atom stereocenters. The van der Waals surface area contributed by atoms with Crippen molar-refractivity contribution < 1.29 is 8.42 Å². The van der Waals surface area contributed by atoms with E-state index >= 15 is 0 Å². The predicted octanol–water partition coefficient (Wildman–Crippen LogP) is 2.82. The molecule has 0 aliphatic rings. The van der Waals surface area contributed by atoms with Crippen molar-refractivity contribution in [3.8, 4) is 11.4 Å². The van der Waals surface area contributed by atoms with E-state index in [1.807, 2.05) is 0 Å². The summed E-state index contributed by atoms with van der Waals surface area (Å²) in [7, 11) is 1.20. The van der Waals surface area contributed by atoms with Crippen molar-refractivity contribution in [1.29, 1.82) is 0 Å². The van der Waals surface area contributed by atoms with Crippen molar-refractivity contribution in [2.45, 2.75) is 5.16 Å². The van der Waals surface area contributed by atoms with Crippen molar-refractivity contribution >= 4 is 47.3 Å². The Morgan fingerprint density at radius 2 is 2.06 bits per heavy atom. The van der Waals surface area contributed by atoms with Crippen molar-refractivity contribution in [2.24, 2.45) is 0 Å².